The molecule has 0 bridgehead atoms. The number of rotatable bonds is 5. The lowest BCUT2D eigenvalue weighted by Gasteiger charge is -2.34. The van der Waals surface area contributed by atoms with Crippen molar-refractivity contribution in [3.63, 3.8) is 0 Å². The summed E-state index contributed by atoms with van der Waals surface area (Å²) >= 11 is 5.96. The van der Waals surface area contributed by atoms with Gasteiger partial charge in [-0.25, -0.2) is 4.68 Å². The van der Waals surface area contributed by atoms with Crippen LogP contribution < -0.4 is 4.74 Å². The van der Waals surface area contributed by atoms with Crippen molar-refractivity contribution < 1.29 is 9.53 Å². The standard InChI is InChI=1S/C22H23ClN4O2/c1-29-20-16-27(19-5-3-2-4-6-19)24-21(20)22(28)26-13-11-25(12-14-26)15-17-7-9-18(23)10-8-17/h2-10,16H,11-15H2,1H3. The van der Waals surface area contributed by atoms with Crippen LogP contribution in [0.2, 0.25) is 5.02 Å². The van der Waals surface area contributed by atoms with Gasteiger partial charge in [-0.1, -0.05) is 41.9 Å². The SMILES string of the molecule is COc1cn(-c2ccccc2)nc1C(=O)N1CCN(Cc2ccc(Cl)cc2)CC1. The second kappa shape index (κ2) is 8.68. The Morgan fingerprint density at radius 2 is 1.72 bits per heavy atom. The van der Waals surface area contributed by atoms with E-state index in [2.05, 4.69) is 10.00 Å². The Balaban J connectivity index is 1.42. The summed E-state index contributed by atoms with van der Waals surface area (Å²) in [4.78, 5) is 17.2. The van der Waals surface area contributed by atoms with Crippen LogP contribution in [0.5, 0.6) is 5.75 Å². The summed E-state index contributed by atoms with van der Waals surface area (Å²) in [5, 5.41) is 5.24. The van der Waals surface area contributed by atoms with Gasteiger partial charge in [0.25, 0.3) is 5.91 Å². The summed E-state index contributed by atoms with van der Waals surface area (Å²) in [6.45, 7) is 3.80. The molecule has 0 saturated carbocycles. The molecule has 1 amide bonds. The van der Waals surface area contributed by atoms with Gasteiger partial charge in [-0.2, -0.15) is 5.10 Å². The smallest absolute Gasteiger partial charge is 0.278 e. The minimum atomic E-state index is -0.0947. The van der Waals surface area contributed by atoms with Gasteiger partial charge >= 0.3 is 0 Å². The van der Waals surface area contributed by atoms with Crippen molar-refractivity contribution in [1.29, 1.82) is 0 Å². The number of halogens is 1. The zero-order valence-corrected chi connectivity index (χ0v) is 17.0. The van der Waals surface area contributed by atoms with Crippen LogP contribution in [0.4, 0.5) is 0 Å². The fourth-order valence-corrected chi connectivity index (χ4v) is 3.60. The molecule has 1 aliphatic heterocycles. The number of hydrogen-bond acceptors (Lipinski definition) is 4. The maximum absolute atomic E-state index is 13.1. The molecule has 3 aromatic rings. The first-order valence-corrected chi connectivity index (χ1v) is 9.97. The highest BCUT2D eigenvalue weighted by Gasteiger charge is 2.27. The molecule has 0 N–H and O–H groups in total. The van der Waals surface area contributed by atoms with Crippen LogP contribution in [-0.4, -0.2) is 58.8 Å². The number of ether oxygens (including phenoxy) is 1. The molecule has 1 aliphatic rings. The molecular formula is C22H23ClN4O2. The van der Waals surface area contributed by atoms with E-state index >= 15 is 0 Å². The Morgan fingerprint density at radius 1 is 1.03 bits per heavy atom. The third-order valence-corrected chi connectivity index (χ3v) is 5.35. The number of methoxy groups -OCH3 is 1. The van der Waals surface area contributed by atoms with E-state index in [9.17, 15) is 4.79 Å². The van der Waals surface area contributed by atoms with Crippen molar-refractivity contribution in [3.8, 4) is 11.4 Å². The number of benzene rings is 2. The molecule has 6 nitrogen and oxygen atoms in total. The lowest BCUT2D eigenvalue weighted by Crippen LogP contribution is -2.48. The highest BCUT2D eigenvalue weighted by Crippen LogP contribution is 2.22. The molecule has 1 fully saturated rings. The van der Waals surface area contributed by atoms with Crippen molar-refractivity contribution >= 4 is 17.5 Å². The molecule has 0 spiro atoms. The van der Waals surface area contributed by atoms with Crippen LogP contribution in [0.15, 0.2) is 60.8 Å². The number of hydrogen-bond donors (Lipinski definition) is 0. The number of aromatic nitrogens is 2. The molecule has 2 heterocycles. The van der Waals surface area contributed by atoms with Crippen molar-refractivity contribution in [2.75, 3.05) is 33.3 Å². The Labute approximate surface area is 175 Å². The van der Waals surface area contributed by atoms with Gasteiger partial charge in [-0.3, -0.25) is 9.69 Å². The Bertz CT molecular complexity index is 964. The lowest BCUT2D eigenvalue weighted by atomic mass is 10.2. The average Bonchev–Trinajstić information content (AvgIpc) is 3.20. The second-order valence-corrected chi connectivity index (χ2v) is 7.46. The number of para-hydroxylation sites is 1. The van der Waals surface area contributed by atoms with E-state index in [0.717, 1.165) is 30.3 Å². The first kappa shape index (κ1) is 19.5. The number of nitrogens with zero attached hydrogens (tertiary/aromatic N) is 4. The minimum absolute atomic E-state index is 0.0947. The normalized spacial score (nSPS) is 14.8. The van der Waals surface area contributed by atoms with E-state index in [4.69, 9.17) is 16.3 Å². The molecular weight excluding hydrogens is 388 g/mol. The van der Waals surface area contributed by atoms with Crippen LogP contribution >= 0.6 is 11.6 Å². The predicted molar refractivity (Wildman–Crippen MR) is 113 cm³/mol. The summed E-state index contributed by atoms with van der Waals surface area (Å²) in [7, 11) is 1.56. The molecule has 29 heavy (non-hydrogen) atoms. The number of amides is 1. The molecule has 0 radical (unpaired) electrons. The fraction of sp³-hybridized carbons (Fsp3) is 0.273. The fourth-order valence-electron chi connectivity index (χ4n) is 3.48. The molecule has 1 aromatic heterocycles. The molecule has 2 aromatic carbocycles. The first-order valence-electron chi connectivity index (χ1n) is 9.59. The molecule has 0 unspecified atom stereocenters. The molecule has 1 saturated heterocycles. The van der Waals surface area contributed by atoms with Gasteiger partial charge in [0.15, 0.2) is 11.4 Å². The van der Waals surface area contributed by atoms with Crippen LogP contribution in [0.1, 0.15) is 16.1 Å². The van der Waals surface area contributed by atoms with Crippen molar-refractivity contribution in [2.45, 2.75) is 6.54 Å². The second-order valence-electron chi connectivity index (χ2n) is 7.02. The molecule has 7 heteroatoms. The third kappa shape index (κ3) is 4.44. The van der Waals surface area contributed by atoms with Crippen molar-refractivity contribution in [2.24, 2.45) is 0 Å². The predicted octanol–water partition coefficient (Wildman–Crippen LogP) is 3.49. The summed E-state index contributed by atoms with van der Waals surface area (Å²) in [6.07, 6.45) is 1.75. The monoisotopic (exact) mass is 410 g/mol. The highest BCUT2D eigenvalue weighted by molar-refractivity contribution is 6.30. The van der Waals surface area contributed by atoms with Crippen LogP contribution in [0.25, 0.3) is 5.69 Å². The zero-order chi connectivity index (χ0) is 20.2. The van der Waals surface area contributed by atoms with E-state index in [1.807, 2.05) is 59.5 Å². The Hall–Kier alpha value is -2.83. The van der Waals surface area contributed by atoms with Gasteiger partial charge in [-0.05, 0) is 29.8 Å². The summed E-state index contributed by atoms with van der Waals surface area (Å²) in [5.74, 6) is 0.394. The van der Waals surface area contributed by atoms with E-state index in [1.54, 1.807) is 18.0 Å². The number of piperazine rings is 1. The van der Waals surface area contributed by atoms with Crippen molar-refractivity contribution in [3.05, 3.63) is 77.1 Å². The summed E-state index contributed by atoms with van der Waals surface area (Å²) in [5.41, 5.74) is 2.46. The van der Waals surface area contributed by atoms with Crippen LogP contribution in [0.3, 0.4) is 0 Å². The van der Waals surface area contributed by atoms with Gasteiger partial charge in [-0.15, -0.1) is 0 Å². The minimum Gasteiger partial charge on any atom is -0.493 e. The summed E-state index contributed by atoms with van der Waals surface area (Å²) < 4.78 is 7.10. The maximum atomic E-state index is 13.1. The average molecular weight is 411 g/mol. The summed E-state index contributed by atoms with van der Waals surface area (Å²) in [6, 6.07) is 17.6. The van der Waals surface area contributed by atoms with Gasteiger partial charge < -0.3 is 9.64 Å². The topological polar surface area (TPSA) is 50.6 Å². The number of carbonyl (C=O) groups is 1. The zero-order valence-electron chi connectivity index (χ0n) is 16.3. The van der Waals surface area contributed by atoms with E-state index in [0.29, 0.717) is 24.5 Å². The van der Waals surface area contributed by atoms with Crippen molar-refractivity contribution in [1.82, 2.24) is 19.6 Å². The van der Waals surface area contributed by atoms with Gasteiger partial charge in [0.05, 0.1) is 19.0 Å². The van der Waals surface area contributed by atoms with E-state index < -0.39 is 0 Å². The molecule has 4 rings (SSSR count). The van der Waals surface area contributed by atoms with Crippen LogP contribution in [-0.2, 0) is 6.54 Å². The van der Waals surface area contributed by atoms with Gasteiger partial charge in [0, 0.05) is 37.7 Å². The Morgan fingerprint density at radius 3 is 2.38 bits per heavy atom. The largest absolute Gasteiger partial charge is 0.493 e. The molecule has 150 valence electrons. The van der Waals surface area contributed by atoms with Gasteiger partial charge in [0.1, 0.15) is 0 Å². The number of carbonyl (C=O) groups excluding carboxylic acids is 1. The Kier molecular flexibility index (Phi) is 5.83. The van der Waals surface area contributed by atoms with Gasteiger partial charge in [0.2, 0.25) is 0 Å². The lowest BCUT2D eigenvalue weighted by molar-refractivity contribution is 0.0619. The quantitative estimate of drug-likeness (QED) is 0.646. The maximum Gasteiger partial charge on any atom is 0.278 e. The van der Waals surface area contributed by atoms with E-state index in [-0.39, 0.29) is 5.91 Å². The first-order chi connectivity index (χ1) is 14.1. The molecule has 0 atom stereocenters. The third-order valence-electron chi connectivity index (χ3n) is 5.10. The van der Waals surface area contributed by atoms with Crippen LogP contribution in [0, 0.1) is 0 Å². The van der Waals surface area contributed by atoms with E-state index in [1.165, 1.54) is 5.56 Å². The molecule has 0 aliphatic carbocycles. The highest BCUT2D eigenvalue weighted by atomic mass is 35.5.